The lowest BCUT2D eigenvalue weighted by Gasteiger charge is -2.35. The first-order chi connectivity index (χ1) is 16.5. The van der Waals surface area contributed by atoms with Crippen LogP contribution < -0.4 is 5.32 Å². The van der Waals surface area contributed by atoms with Crippen LogP contribution in [0.15, 0.2) is 18.5 Å². The molecule has 9 heteroatoms. The molecule has 0 saturated heterocycles. The maximum absolute atomic E-state index is 11.4. The van der Waals surface area contributed by atoms with Crippen molar-refractivity contribution in [3.63, 3.8) is 0 Å². The van der Waals surface area contributed by atoms with Crippen LogP contribution >= 0.6 is 11.3 Å². The van der Waals surface area contributed by atoms with Gasteiger partial charge in [-0.3, -0.25) is 4.79 Å². The van der Waals surface area contributed by atoms with E-state index in [1.54, 1.807) is 17.7 Å². The zero-order chi connectivity index (χ0) is 24.1. The van der Waals surface area contributed by atoms with Crippen LogP contribution in [0.1, 0.15) is 49.0 Å². The Labute approximate surface area is 204 Å². The zero-order valence-corrected chi connectivity index (χ0v) is 21.0. The van der Waals surface area contributed by atoms with E-state index in [1.165, 1.54) is 36.1 Å². The molecule has 0 aliphatic heterocycles. The Hall–Kier alpha value is -2.52. The molecule has 2 aromatic rings. The van der Waals surface area contributed by atoms with Crippen LogP contribution in [0.4, 0.5) is 5.82 Å². The summed E-state index contributed by atoms with van der Waals surface area (Å²) < 4.78 is 9.45. The molecule has 2 aromatic heterocycles. The normalized spacial score (nSPS) is 22.3. The van der Waals surface area contributed by atoms with Gasteiger partial charge in [-0.05, 0) is 63.5 Å². The summed E-state index contributed by atoms with van der Waals surface area (Å²) in [7, 11) is 4.94. The number of fused-ring (bicyclic) bond motifs is 3. The van der Waals surface area contributed by atoms with Gasteiger partial charge in [0.25, 0.3) is 0 Å². The Morgan fingerprint density at radius 1 is 1.18 bits per heavy atom. The average Bonchev–Trinajstić information content (AvgIpc) is 3.40. The molecule has 0 radical (unpaired) electrons. The number of hydrogen-bond donors (Lipinski definition) is 1. The number of allylic oxidation sites excluding steroid dienone is 1. The number of methoxy groups -OCH3 is 2. The summed E-state index contributed by atoms with van der Waals surface area (Å²) in [6, 6.07) is 0.886. The molecule has 2 heterocycles. The lowest BCUT2D eigenvalue weighted by atomic mass is 9.90. The minimum atomic E-state index is -0.303. The fraction of sp³-hybridized carbons (Fsp3) is 0.600. The van der Waals surface area contributed by atoms with Crippen molar-refractivity contribution in [1.29, 1.82) is 0 Å². The van der Waals surface area contributed by atoms with Gasteiger partial charge in [-0.2, -0.15) is 0 Å². The summed E-state index contributed by atoms with van der Waals surface area (Å²) in [6.07, 6.45) is 12.8. The molecule has 8 nitrogen and oxygen atoms in total. The van der Waals surface area contributed by atoms with Gasteiger partial charge >= 0.3 is 11.9 Å². The van der Waals surface area contributed by atoms with Crippen molar-refractivity contribution in [3.8, 4) is 0 Å². The highest BCUT2D eigenvalue weighted by Crippen LogP contribution is 2.42. The molecular formula is C25H34N4O4S. The number of carbonyl (C=O) groups excluding carboxylic acids is 2. The smallest absolute Gasteiger partial charge is 0.330 e. The predicted molar refractivity (Wildman–Crippen MR) is 133 cm³/mol. The van der Waals surface area contributed by atoms with Crippen molar-refractivity contribution in [2.45, 2.75) is 63.5 Å². The fourth-order valence-corrected chi connectivity index (χ4v) is 6.43. The Bertz CT molecular complexity index is 1040. The van der Waals surface area contributed by atoms with Gasteiger partial charge < -0.3 is 19.7 Å². The van der Waals surface area contributed by atoms with E-state index in [0.717, 1.165) is 62.1 Å². The SMILES string of the molecule is COC(=O)/C=C\C[C@@H]1Cc2sc3ncnc(NC4CCC(N(C)CCC(=O)OC)CC4)c3c2C1. The number of nitrogens with one attached hydrogen (secondary N) is 1. The second kappa shape index (κ2) is 11.3. The highest BCUT2D eigenvalue weighted by atomic mass is 32.1. The molecule has 1 atom stereocenters. The largest absolute Gasteiger partial charge is 0.469 e. The van der Waals surface area contributed by atoms with Gasteiger partial charge in [0.2, 0.25) is 0 Å². The van der Waals surface area contributed by atoms with Gasteiger partial charge in [0.15, 0.2) is 0 Å². The third-order valence-electron chi connectivity index (χ3n) is 7.12. The van der Waals surface area contributed by atoms with E-state index >= 15 is 0 Å². The fourth-order valence-electron chi connectivity index (χ4n) is 5.15. The number of rotatable bonds is 9. The van der Waals surface area contributed by atoms with Crippen LogP contribution in [-0.4, -0.2) is 66.7 Å². The number of hydrogen-bond acceptors (Lipinski definition) is 9. The first kappa shape index (κ1) is 24.6. The quantitative estimate of drug-likeness (QED) is 0.423. The molecule has 1 N–H and O–H groups in total. The summed E-state index contributed by atoms with van der Waals surface area (Å²) in [5.74, 6) is 0.994. The van der Waals surface area contributed by atoms with E-state index in [1.807, 2.05) is 6.08 Å². The molecule has 184 valence electrons. The van der Waals surface area contributed by atoms with E-state index in [2.05, 4.69) is 32.0 Å². The zero-order valence-electron chi connectivity index (χ0n) is 20.2. The average molecular weight is 487 g/mol. The molecule has 0 bridgehead atoms. The molecule has 2 aliphatic carbocycles. The summed E-state index contributed by atoms with van der Waals surface area (Å²) in [6.45, 7) is 0.735. The van der Waals surface area contributed by atoms with Crippen molar-refractivity contribution >= 4 is 39.3 Å². The van der Waals surface area contributed by atoms with E-state index in [9.17, 15) is 9.59 Å². The van der Waals surface area contributed by atoms with E-state index in [-0.39, 0.29) is 11.9 Å². The molecule has 0 amide bonds. The van der Waals surface area contributed by atoms with Crippen molar-refractivity contribution in [2.75, 3.05) is 33.1 Å². The Kier molecular flexibility index (Phi) is 8.15. The van der Waals surface area contributed by atoms with Crippen molar-refractivity contribution < 1.29 is 19.1 Å². The maximum Gasteiger partial charge on any atom is 0.330 e. The van der Waals surface area contributed by atoms with Gasteiger partial charge in [0, 0.05) is 29.6 Å². The van der Waals surface area contributed by atoms with Crippen molar-refractivity contribution in [2.24, 2.45) is 5.92 Å². The summed E-state index contributed by atoms with van der Waals surface area (Å²) in [5.41, 5.74) is 1.37. The molecule has 2 aliphatic rings. The number of anilines is 1. The monoisotopic (exact) mass is 486 g/mol. The molecule has 1 fully saturated rings. The first-order valence-corrected chi connectivity index (χ1v) is 12.8. The molecule has 34 heavy (non-hydrogen) atoms. The topological polar surface area (TPSA) is 93.6 Å². The van der Waals surface area contributed by atoms with Gasteiger partial charge in [-0.25, -0.2) is 14.8 Å². The number of thiophene rings is 1. The third kappa shape index (κ3) is 5.75. The van der Waals surface area contributed by atoms with Crippen LogP contribution in [-0.2, 0) is 31.9 Å². The minimum Gasteiger partial charge on any atom is -0.469 e. The number of nitrogens with zero attached hydrogens (tertiary/aromatic N) is 3. The lowest BCUT2D eigenvalue weighted by Crippen LogP contribution is -2.39. The molecular weight excluding hydrogens is 452 g/mol. The molecule has 4 rings (SSSR count). The van der Waals surface area contributed by atoms with Gasteiger partial charge in [0.05, 0.1) is 26.0 Å². The number of ether oxygens (including phenoxy) is 2. The van der Waals surface area contributed by atoms with Crippen molar-refractivity contribution in [3.05, 3.63) is 28.9 Å². The van der Waals surface area contributed by atoms with Gasteiger partial charge in [-0.1, -0.05) is 6.08 Å². The molecule has 0 aromatic carbocycles. The highest BCUT2D eigenvalue weighted by Gasteiger charge is 2.29. The van der Waals surface area contributed by atoms with E-state index in [0.29, 0.717) is 24.4 Å². The van der Waals surface area contributed by atoms with E-state index < -0.39 is 0 Å². The lowest BCUT2D eigenvalue weighted by molar-refractivity contribution is -0.141. The van der Waals surface area contributed by atoms with Crippen LogP contribution in [0.3, 0.4) is 0 Å². The first-order valence-electron chi connectivity index (χ1n) is 12.0. The summed E-state index contributed by atoms with van der Waals surface area (Å²) >= 11 is 1.77. The number of esters is 2. The second-order valence-electron chi connectivity index (χ2n) is 9.30. The Morgan fingerprint density at radius 3 is 2.71 bits per heavy atom. The maximum atomic E-state index is 11.4. The molecule has 0 spiro atoms. The van der Waals surface area contributed by atoms with E-state index in [4.69, 9.17) is 4.74 Å². The molecule has 1 saturated carbocycles. The summed E-state index contributed by atoms with van der Waals surface area (Å²) in [4.78, 5) is 36.7. The minimum absolute atomic E-state index is 0.153. The van der Waals surface area contributed by atoms with Gasteiger partial charge in [-0.15, -0.1) is 11.3 Å². The number of carbonyl (C=O) groups is 2. The van der Waals surface area contributed by atoms with Crippen LogP contribution in [0, 0.1) is 5.92 Å². The van der Waals surface area contributed by atoms with Crippen LogP contribution in [0.25, 0.3) is 10.2 Å². The third-order valence-corrected chi connectivity index (χ3v) is 8.28. The highest BCUT2D eigenvalue weighted by molar-refractivity contribution is 7.19. The predicted octanol–water partition coefficient (Wildman–Crippen LogP) is 3.74. The molecule has 0 unspecified atom stereocenters. The standard InChI is InChI=1S/C25H34N4O4S/c1-29(12-11-22(31)33-3)18-9-7-17(8-10-18)28-24-23-19-13-16(5-4-6-21(30)32-2)14-20(19)34-25(23)27-15-26-24/h4,6,15-18H,5,7-14H2,1-3H3,(H,26,27,28)/b6-4-/t16-,17?,18?/m0/s1. The van der Waals surface area contributed by atoms with Crippen LogP contribution in [0.5, 0.6) is 0 Å². The van der Waals surface area contributed by atoms with Crippen molar-refractivity contribution in [1.82, 2.24) is 14.9 Å². The second-order valence-corrected chi connectivity index (χ2v) is 10.4. The van der Waals surface area contributed by atoms with Crippen LogP contribution in [0.2, 0.25) is 0 Å². The Morgan fingerprint density at radius 2 is 1.97 bits per heavy atom. The Balaban J connectivity index is 1.36. The summed E-state index contributed by atoms with van der Waals surface area (Å²) in [5, 5.41) is 4.91. The van der Waals surface area contributed by atoms with Gasteiger partial charge in [0.1, 0.15) is 17.0 Å². The number of aromatic nitrogens is 2.